The quantitative estimate of drug-likeness (QED) is 0.684. The van der Waals surface area contributed by atoms with Crippen LogP contribution in [-0.2, 0) is 11.3 Å². The number of carbonyl (C=O) groups excluding carboxylic acids is 1. The zero-order valence-corrected chi connectivity index (χ0v) is 16.7. The monoisotopic (exact) mass is 386 g/mol. The minimum absolute atomic E-state index is 0.208. The van der Waals surface area contributed by atoms with Crippen molar-refractivity contribution >= 4 is 17.7 Å². The molecule has 0 aliphatic carbocycles. The van der Waals surface area contributed by atoms with Gasteiger partial charge in [-0.3, -0.25) is 9.69 Å². The molecule has 27 heavy (non-hydrogen) atoms. The number of hydrogen-bond donors (Lipinski definition) is 0. The summed E-state index contributed by atoms with van der Waals surface area (Å²) in [5.41, 5.74) is 1.27. The lowest BCUT2D eigenvalue weighted by molar-refractivity contribution is -0.130. The van der Waals surface area contributed by atoms with Gasteiger partial charge < -0.3 is 14.4 Å². The van der Waals surface area contributed by atoms with Crippen molar-refractivity contribution in [2.45, 2.75) is 11.4 Å². The van der Waals surface area contributed by atoms with E-state index >= 15 is 0 Å². The maximum atomic E-state index is 12.5. The summed E-state index contributed by atoms with van der Waals surface area (Å²) < 4.78 is 10.4. The molecule has 1 heterocycles. The first kappa shape index (κ1) is 19.6. The minimum atomic E-state index is 0.208. The molecule has 0 spiro atoms. The van der Waals surface area contributed by atoms with Gasteiger partial charge in [-0.05, 0) is 42.0 Å². The van der Waals surface area contributed by atoms with Crippen molar-refractivity contribution in [2.75, 3.05) is 46.2 Å². The van der Waals surface area contributed by atoms with Crippen LogP contribution in [0.15, 0.2) is 53.4 Å². The zero-order chi connectivity index (χ0) is 19.1. The predicted octanol–water partition coefficient (Wildman–Crippen LogP) is 3.14. The molecule has 0 saturated carbocycles. The summed E-state index contributed by atoms with van der Waals surface area (Å²) in [5, 5.41) is 0. The number of benzene rings is 2. The van der Waals surface area contributed by atoms with Crippen molar-refractivity contribution in [3.05, 3.63) is 54.1 Å². The molecular weight excluding hydrogens is 360 g/mol. The molecule has 0 radical (unpaired) electrons. The molecule has 2 aromatic rings. The van der Waals surface area contributed by atoms with E-state index in [0.29, 0.717) is 5.75 Å². The van der Waals surface area contributed by atoms with Gasteiger partial charge in [-0.25, -0.2) is 0 Å². The van der Waals surface area contributed by atoms with Gasteiger partial charge in [0.2, 0.25) is 5.91 Å². The molecule has 5 nitrogen and oxygen atoms in total. The normalized spacial score (nSPS) is 14.8. The fraction of sp³-hybridized carbons (Fsp3) is 0.381. The Hall–Kier alpha value is -2.18. The molecular formula is C21H26N2O3S. The third-order valence-electron chi connectivity index (χ3n) is 4.71. The van der Waals surface area contributed by atoms with E-state index in [4.69, 9.17) is 9.47 Å². The third-order valence-corrected chi connectivity index (χ3v) is 5.71. The molecule has 3 rings (SSSR count). The number of methoxy groups -OCH3 is 2. The Morgan fingerprint density at radius 1 is 0.889 bits per heavy atom. The SMILES string of the molecule is COc1ccc(CN2CCN(C(=O)CSc3ccc(OC)cc3)CC2)cc1. The lowest BCUT2D eigenvalue weighted by Crippen LogP contribution is -2.48. The van der Waals surface area contributed by atoms with Crippen LogP contribution in [0.1, 0.15) is 5.56 Å². The highest BCUT2D eigenvalue weighted by atomic mass is 32.2. The number of thioether (sulfide) groups is 1. The van der Waals surface area contributed by atoms with Gasteiger partial charge in [0.05, 0.1) is 20.0 Å². The van der Waals surface area contributed by atoms with Gasteiger partial charge in [0, 0.05) is 37.6 Å². The Morgan fingerprint density at radius 3 is 2.00 bits per heavy atom. The summed E-state index contributed by atoms with van der Waals surface area (Å²) in [6.07, 6.45) is 0. The van der Waals surface area contributed by atoms with Crippen LogP contribution >= 0.6 is 11.8 Å². The Labute approximate surface area is 165 Å². The molecule has 1 saturated heterocycles. The van der Waals surface area contributed by atoms with Gasteiger partial charge in [0.15, 0.2) is 0 Å². The summed E-state index contributed by atoms with van der Waals surface area (Å²) in [6, 6.07) is 16.0. The van der Waals surface area contributed by atoms with Crippen molar-refractivity contribution in [1.29, 1.82) is 0 Å². The van der Waals surface area contributed by atoms with Crippen molar-refractivity contribution in [3.8, 4) is 11.5 Å². The number of piperazine rings is 1. The number of hydrogen-bond acceptors (Lipinski definition) is 5. The molecule has 0 atom stereocenters. The van der Waals surface area contributed by atoms with Crippen LogP contribution in [0.3, 0.4) is 0 Å². The molecule has 144 valence electrons. The Bertz CT molecular complexity index is 726. The van der Waals surface area contributed by atoms with E-state index in [1.54, 1.807) is 26.0 Å². The van der Waals surface area contributed by atoms with E-state index < -0.39 is 0 Å². The lowest BCUT2D eigenvalue weighted by Gasteiger charge is -2.34. The Balaban J connectivity index is 1.41. The average Bonchev–Trinajstić information content (AvgIpc) is 2.73. The minimum Gasteiger partial charge on any atom is -0.497 e. The summed E-state index contributed by atoms with van der Waals surface area (Å²) in [7, 11) is 3.33. The maximum absolute atomic E-state index is 12.5. The number of nitrogens with zero attached hydrogens (tertiary/aromatic N) is 2. The first-order chi connectivity index (χ1) is 13.2. The molecule has 2 aromatic carbocycles. The Kier molecular flexibility index (Phi) is 7.01. The molecule has 1 aliphatic rings. The van der Waals surface area contributed by atoms with Gasteiger partial charge in [-0.15, -0.1) is 11.8 Å². The van der Waals surface area contributed by atoms with Crippen LogP contribution in [0.4, 0.5) is 0 Å². The number of carbonyl (C=O) groups is 1. The maximum Gasteiger partial charge on any atom is 0.233 e. The highest BCUT2D eigenvalue weighted by Crippen LogP contribution is 2.22. The average molecular weight is 387 g/mol. The molecule has 0 unspecified atom stereocenters. The molecule has 0 aromatic heterocycles. The summed E-state index contributed by atoms with van der Waals surface area (Å²) in [6.45, 7) is 4.30. The van der Waals surface area contributed by atoms with Crippen molar-refractivity contribution < 1.29 is 14.3 Å². The van der Waals surface area contributed by atoms with E-state index in [1.165, 1.54) is 5.56 Å². The number of rotatable bonds is 7. The van der Waals surface area contributed by atoms with Crippen LogP contribution in [-0.4, -0.2) is 61.9 Å². The van der Waals surface area contributed by atoms with E-state index in [0.717, 1.165) is 49.1 Å². The van der Waals surface area contributed by atoms with Crippen molar-refractivity contribution in [1.82, 2.24) is 9.80 Å². The van der Waals surface area contributed by atoms with Gasteiger partial charge >= 0.3 is 0 Å². The van der Waals surface area contributed by atoms with E-state index in [-0.39, 0.29) is 5.91 Å². The standard InChI is InChI=1S/C21H26N2O3S/c1-25-18-5-3-17(4-6-18)15-22-11-13-23(14-12-22)21(24)16-27-20-9-7-19(26-2)8-10-20/h3-10H,11-16H2,1-2H3. The molecule has 1 aliphatic heterocycles. The van der Waals surface area contributed by atoms with Gasteiger partial charge in [-0.1, -0.05) is 12.1 Å². The van der Waals surface area contributed by atoms with Crippen LogP contribution in [0.2, 0.25) is 0 Å². The van der Waals surface area contributed by atoms with Crippen molar-refractivity contribution in [3.63, 3.8) is 0 Å². The first-order valence-corrected chi connectivity index (χ1v) is 10.1. The number of amides is 1. The number of ether oxygens (including phenoxy) is 2. The highest BCUT2D eigenvalue weighted by Gasteiger charge is 2.21. The third kappa shape index (κ3) is 5.65. The summed E-state index contributed by atoms with van der Waals surface area (Å²) in [5.74, 6) is 2.40. The first-order valence-electron chi connectivity index (χ1n) is 9.08. The van der Waals surface area contributed by atoms with E-state index in [1.807, 2.05) is 41.3 Å². The smallest absolute Gasteiger partial charge is 0.233 e. The second kappa shape index (κ2) is 9.67. The summed E-state index contributed by atoms with van der Waals surface area (Å²) in [4.78, 5) is 17.9. The predicted molar refractivity (Wildman–Crippen MR) is 109 cm³/mol. The van der Waals surface area contributed by atoms with Gasteiger partial charge in [0.25, 0.3) is 0 Å². The van der Waals surface area contributed by atoms with Crippen LogP contribution in [0.5, 0.6) is 11.5 Å². The molecule has 0 N–H and O–H groups in total. The second-order valence-corrected chi connectivity index (χ2v) is 7.52. The van der Waals surface area contributed by atoms with Crippen LogP contribution < -0.4 is 9.47 Å². The second-order valence-electron chi connectivity index (χ2n) is 6.47. The fourth-order valence-electron chi connectivity index (χ4n) is 3.05. The summed E-state index contributed by atoms with van der Waals surface area (Å²) >= 11 is 1.58. The topological polar surface area (TPSA) is 42.0 Å². The molecule has 1 amide bonds. The van der Waals surface area contributed by atoms with Crippen LogP contribution in [0, 0.1) is 0 Å². The van der Waals surface area contributed by atoms with E-state index in [9.17, 15) is 4.79 Å². The molecule has 1 fully saturated rings. The molecule has 6 heteroatoms. The van der Waals surface area contributed by atoms with E-state index in [2.05, 4.69) is 17.0 Å². The lowest BCUT2D eigenvalue weighted by atomic mass is 10.2. The van der Waals surface area contributed by atoms with Gasteiger partial charge in [-0.2, -0.15) is 0 Å². The van der Waals surface area contributed by atoms with Crippen molar-refractivity contribution in [2.24, 2.45) is 0 Å². The van der Waals surface area contributed by atoms with Crippen LogP contribution in [0.25, 0.3) is 0 Å². The largest absolute Gasteiger partial charge is 0.497 e. The molecule has 0 bridgehead atoms. The highest BCUT2D eigenvalue weighted by molar-refractivity contribution is 8.00. The Morgan fingerprint density at radius 2 is 1.44 bits per heavy atom. The van der Waals surface area contributed by atoms with Gasteiger partial charge in [0.1, 0.15) is 11.5 Å². The fourth-order valence-corrected chi connectivity index (χ4v) is 3.85. The zero-order valence-electron chi connectivity index (χ0n) is 15.9.